The number of aromatic nitrogens is 2. The Bertz CT molecular complexity index is 1250. The van der Waals surface area contributed by atoms with Gasteiger partial charge in [0.15, 0.2) is 0 Å². The highest BCUT2D eigenvalue weighted by Crippen LogP contribution is 2.24. The van der Waals surface area contributed by atoms with Crippen molar-refractivity contribution in [2.75, 3.05) is 13.7 Å². The molecule has 3 rings (SSSR count). The van der Waals surface area contributed by atoms with Crippen molar-refractivity contribution in [3.05, 3.63) is 82.1 Å². The summed E-state index contributed by atoms with van der Waals surface area (Å²) in [5.41, 5.74) is 2.62. The van der Waals surface area contributed by atoms with Crippen LogP contribution in [0.5, 0.6) is 0 Å². The molecule has 0 N–H and O–H groups in total. The van der Waals surface area contributed by atoms with Gasteiger partial charge in [-0.2, -0.15) is 0 Å². The van der Waals surface area contributed by atoms with Crippen molar-refractivity contribution in [3.63, 3.8) is 0 Å². The van der Waals surface area contributed by atoms with Crippen molar-refractivity contribution in [1.82, 2.24) is 14.5 Å². The molecule has 0 bridgehead atoms. The largest absolute Gasteiger partial charge is 0.383 e. The molecule has 0 saturated carbocycles. The molecule has 0 saturated heterocycles. The van der Waals surface area contributed by atoms with Crippen LogP contribution < -0.4 is 0 Å². The van der Waals surface area contributed by atoms with E-state index in [1.807, 2.05) is 39.0 Å². The van der Waals surface area contributed by atoms with Crippen LogP contribution in [0.4, 0.5) is 0 Å². The average molecular weight is 504 g/mol. The van der Waals surface area contributed by atoms with Crippen LogP contribution in [0.15, 0.2) is 59.9 Å². The highest BCUT2D eigenvalue weighted by Gasteiger charge is 2.27. The van der Waals surface area contributed by atoms with Crippen molar-refractivity contribution < 1.29 is 17.9 Å². The lowest BCUT2D eigenvalue weighted by Crippen LogP contribution is -2.37. The molecule has 34 heavy (non-hydrogen) atoms. The smallest absolute Gasteiger partial charge is 0.254 e. The molecule has 0 aliphatic rings. The second-order valence-electron chi connectivity index (χ2n) is 8.37. The van der Waals surface area contributed by atoms with Gasteiger partial charge in [-0.1, -0.05) is 48.0 Å². The molecular formula is C25H30ClN3O4S. The molecule has 1 aromatic heterocycles. The second-order valence-corrected chi connectivity index (χ2v) is 10.7. The van der Waals surface area contributed by atoms with E-state index >= 15 is 0 Å². The number of carbonyl (C=O) groups is 1. The molecule has 0 fully saturated rings. The van der Waals surface area contributed by atoms with Gasteiger partial charge in [-0.3, -0.25) is 4.79 Å². The number of ether oxygens (including phenoxy) is 1. The van der Waals surface area contributed by atoms with Crippen LogP contribution in [0.3, 0.4) is 0 Å². The number of methoxy groups -OCH3 is 1. The zero-order valence-corrected chi connectivity index (χ0v) is 21.4. The summed E-state index contributed by atoms with van der Waals surface area (Å²) in [5, 5.41) is 0.322. The minimum absolute atomic E-state index is 0.0634. The molecule has 0 radical (unpaired) electrons. The van der Waals surface area contributed by atoms with Gasteiger partial charge < -0.3 is 14.2 Å². The summed E-state index contributed by atoms with van der Waals surface area (Å²) >= 11 is 6.20. The first-order chi connectivity index (χ1) is 16.2. The Kier molecular flexibility index (Phi) is 8.52. The third kappa shape index (κ3) is 5.87. The van der Waals surface area contributed by atoms with Crippen LogP contribution in [-0.4, -0.2) is 48.5 Å². The molecule has 0 spiro atoms. The number of hydrogen-bond donors (Lipinski definition) is 0. The Labute approximate surface area is 206 Å². The van der Waals surface area contributed by atoms with E-state index in [1.54, 1.807) is 46.9 Å². The Morgan fingerprint density at radius 3 is 2.47 bits per heavy atom. The van der Waals surface area contributed by atoms with E-state index in [0.29, 0.717) is 28.5 Å². The Hall–Kier alpha value is -2.68. The standard InChI is InChI=1S/C25H30ClN3O4S/c1-18(2)29(24(30)22-11-7-5-9-19(22)3)16-21-15-27-25(28(21)13-14-33-4)34(31,32)17-20-10-6-8-12-23(20)26/h5-12,15,18H,13-14,16-17H2,1-4H3. The van der Waals surface area contributed by atoms with Crippen molar-refractivity contribution in [2.24, 2.45) is 0 Å². The summed E-state index contributed by atoms with van der Waals surface area (Å²) in [6.45, 7) is 6.55. The van der Waals surface area contributed by atoms with Crippen molar-refractivity contribution >= 4 is 27.3 Å². The molecule has 0 aliphatic heterocycles. The van der Waals surface area contributed by atoms with E-state index < -0.39 is 9.84 Å². The summed E-state index contributed by atoms with van der Waals surface area (Å²) in [5.74, 6) is -0.389. The number of nitrogens with zero attached hydrogens (tertiary/aromatic N) is 3. The predicted octanol–water partition coefficient (Wildman–Crippen LogP) is 4.52. The van der Waals surface area contributed by atoms with Gasteiger partial charge in [0.05, 0.1) is 30.8 Å². The first-order valence-corrected chi connectivity index (χ1v) is 13.0. The van der Waals surface area contributed by atoms with Gasteiger partial charge in [0.2, 0.25) is 15.0 Å². The molecule has 9 heteroatoms. The molecule has 0 atom stereocenters. The van der Waals surface area contributed by atoms with Crippen LogP contribution in [0, 0.1) is 6.92 Å². The van der Waals surface area contributed by atoms with Gasteiger partial charge in [0, 0.05) is 30.3 Å². The summed E-state index contributed by atoms with van der Waals surface area (Å²) in [4.78, 5) is 19.3. The molecule has 1 heterocycles. The lowest BCUT2D eigenvalue weighted by Gasteiger charge is -2.28. The van der Waals surface area contributed by atoms with Crippen LogP contribution in [0.2, 0.25) is 5.02 Å². The Balaban J connectivity index is 1.97. The Morgan fingerprint density at radius 1 is 1.15 bits per heavy atom. The molecule has 3 aromatic rings. The number of hydrogen-bond acceptors (Lipinski definition) is 5. The van der Waals surface area contributed by atoms with Crippen molar-refractivity contribution in [2.45, 2.75) is 50.8 Å². The minimum atomic E-state index is -3.80. The van der Waals surface area contributed by atoms with Gasteiger partial charge in [-0.25, -0.2) is 13.4 Å². The van der Waals surface area contributed by atoms with Crippen LogP contribution in [0.1, 0.15) is 41.0 Å². The number of aryl methyl sites for hydroxylation is 1. The Morgan fingerprint density at radius 2 is 1.82 bits per heavy atom. The van der Waals surface area contributed by atoms with Crippen LogP contribution in [-0.2, 0) is 33.4 Å². The molecule has 1 amide bonds. The number of sulfone groups is 1. The minimum Gasteiger partial charge on any atom is -0.383 e. The van der Waals surface area contributed by atoms with Gasteiger partial charge >= 0.3 is 0 Å². The fourth-order valence-corrected chi connectivity index (χ4v) is 5.53. The number of amides is 1. The van der Waals surface area contributed by atoms with E-state index in [9.17, 15) is 13.2 Å². The van der Waals surface area contributed by atoms with Crippen molar-refractivity contribution in [3.8, 4) is 0 Å². The zero-order valence-electron chi connectivity index (χ0n) is 19.9. The third-order valence-electron chi connectivity index (χ3n) is 5.59. The van der Waals surface area contributed by atoms with Crippen LogP contribution >= 0.6 is 11.6 Å². The van der Waals surface area contributed by atoms with E-state index in [0.717, 1.165) is 5.56 Å². The SMILES string of the molecule is COCCn1c(CN(C(=O)c2ccccc2C)C(C)C)cnc1S(=O)(=O)Cc1ccccc1Cl. The van der Waals surface area contributed by atoms with E-state index in [-0.39, 0.29) is 35.9 Å². The molecule has 0 unspecified atom stereocenters. The van der Waals surface area contributed by atoms with E-state index in [2.05, 4.69) is 4.98 Å². The fourth-order valence-electron chi connectivity index (χ4n) is 3.70. The highest BCUT2D eigenvalue weighted by molar-refractivity contribution is 7.90. The normalized spacial score (nSPS) is 11.7. The molecule has 182 valence electrons. The second kappa shape index (κ2) is 11.2. The maximum atomic E-state index is 13.4. The first kappa shape index (κ1) is 25.9. The third-order valence-corrected chi connectivity index (χ3v) is 7.54. The molecular weight excluding hydrogens is 474 g/mol. The summed E-state index contributed by atoms with van der Waals surface area (Å²) < 4.78 is 33.5. The van der Waals surface area contributed by atoms with E-state index in [4.69, 9.17) is 16.3 Å². The average Bonchev–Trinajstić information content (AvgIpc) is 3.20. The molecule has 2 aromatic carbocycles. The fraction of sp³-hybridized carbons (Fsp3) is 0.360. The monoisotopic (exact) mass is 503 g/mol. The van der Waals surface area contributed by atoms with Gasteiger partial charge in [-0.05, 0) is 44.0 Å². The summed E-state index contributed by atoms with van der Waals surface area (Å²) in [6.07, 6.45) is 1.52. The lowest BCUT2D eigenvalue weighted by atomic mass is 10.1. The number of carbonyl (C=O) groups excluding carboxylic acids is 1. The van der Waals surface area contributed by atoms with Gasteiger partial charge in [-0.15, -0.1) is 0 Å². The lowest BCUT2D eigenvalue weighted by molar-refractivity contribution is 0.0683. The topological polar surface area (TPSA) is 81.5 Å². The summed E-state index contributed by atoms with van der Waals surface area (Å²) in [6, 6.07) is 14.2. The highest BCUT2D eigenvalue weighted by atomic mass is 35.5. The number of benzene rings is 2. The number of rotatable bonds is 10. The van der Waals surface area contributed by atoms with E-state index in [1.165, 1.54) is 6.20 Å². The molecule has 7 nitrogen and oxygen atoms in total. The summed E-state index contributed by atoms with van der Waals surface area (Å²) in [7, 11) is -2.25. The van der Waals surface area contributed by atoms with Gasteiger partial charge in [0.1, 0.15) is 0 Å². The quantitative estimate of drug-likeness (QED) is 0.406. The zero-order chi connectivity index (χ0) is 24.9. The maximum Gasteiger partial charge on any atom is 0.254 e. The first-order valence-electron chi connectivity index (χ1n) is 11.0. The number of halogens is 1. The maximum absolute atomic E-state index is 13.4. The molecule has 0 aliphatic carbocycles. The predicted molar refractivity (Wildman–Crippen MR) is 133 cm³/mol. The van der Waals surface area contributed by atoms with Gasteiger partial charge in [0.25, 0.3) is 5.91 Å². The van der Waals surface area contributed by atoms with Crippen LogP contribution in [0.25, 0.3) is 0 Å². The van der Waals surface area contributed by atoms with Crippen molar-refractivity contribution in [1.29, 1.82) is 0 Å². The number of imidazole rings is 1.